The van der Waals surface area contributed by atoms with E-state index < -0.39 is 0 Å². The van der Waals surface area contributed by atoms with Crippen molar-refractivity contribution in [2.75, 3.05) is 0 Å². The molecule has 1 unspecified atom stereocenters. The maximum atomic E-state index is 3.13. The molecule has 1 atom stereocenters. The van der Waals surface area contributed by atoms with Crippen molar-refractivity contribution in [2.45, 2.75) is 13.3 Å². The zero-order valence-electron chi connectivity index (χ0n) is 9.90. The molecule has 0 amide bonds. The van der Waals surface area contributed by atoms with Crippen molar-refractivity contribution in [3.63, 3.8) is 0 Å². The third-order valence-electron chi connectivity index (χ3n) is 2.54. The standard InChI is InChI=1S/C16H15P/c1-2-3-4-13-5-7-14(8-6-13)15-9-11-16(17)12-10-15/h5-12H,2,17H2,1H3. The van der Waals surface area contributed by atoms with Gasteiger partial charge >= 0.3 is 0 Å². The van der Waals surface area contributed by atoms with Gasteiger partial charge in [-0.2, -0.15) is 0 Å². The van der Waals surface area contributed by atoms with Gasteiger partial charge in [0.25, 0.3) is 0 Å². The van der Waals surface area contributed by atoms with E-state index in [0.29, 0.717) is 0 Å². The Morgan fingerprint density at radius 1 is 0.882 bits per heavy atom. The van der Waals surface area contributed by atoms with Crippen LogP contribution in [0.5, 0.6) is 0 Å². The SMILES string of the molecule is CCC#Cc1ccc(-c2ccc(P)cc2)cc1. The Morgan fingerprint density at radius 2 is 1.41 bits per heavy atom. The van der Waals surface area contributed by atoms with E-state index in [2.05, 4.69) is 76.5 Å². The molecule has 84 valence electrons. The first kappa shape index (κ1) is 11.9. The molecule has 0 aliphatic rings. The average Bonchev–Trinajstić information content (AvgIpc) is 2.38. The normalized spacial score (nSPS) is 9.53. The van der Waals surface area contributed by atoms with Crippen molar-refractivity contribution in [2.24, 2.45) is 0 Å². The second-order valence-electron chi connectivity index (χ2n) is 3.85. The summed E-state index contributed by atoms with van der Waals surface area (Å²) < 4.78 is 0. The van der Waals surface area contributed by atoms with Crippen LogP contribution < -0.4 is 5.30 Å². The Morgan fingerprint density at radius 3 is 1.94 bits per heavy atom. The van der Waals surface area contributed by atoms with Crippen molar-refractivity contribution >= 4 is 14.5 Å². The first-order valence-electron chi connectivity index (χ1n) is 5.74. The highest BCUT2D eigenvalue weighted by molar-refractivity contribution is 7.27. The maximum absolute atomic E-state index is 3.13. The van der Waals surface area contributed by atoms with Gasteiger partial charge in [0, 0.05) is 12.0 Å². The lowest BCUT2D eigenvalue weighted by Gasteiger charge is -2.02. The van der Waals surface area contributed by atoms with E-state index in [4.69, 9.17) is 0 Å². The van der Waals surface area contributed by atoms with E-state index in [0.717, 1.165) is 12.0 Å². The Balaban J connectivity index is 2.26. The Kier molecular flexibility index (Phi) is 3.97. The molecule has 0 aromatic heterocycles. The molecule has 0 radical (unpaired) electrons. The van der Waals surface area contributed by atoms with Gasteiger partial charge in [-0.1, -0.05) is 55.2 Å². The van der Waals surface area contributed by atoms with Gasteiger partial charge in [-0.05, 0) is 28.6 Å². The summed E-state index contributed by atoms with van der Waals surface area (Å²) in [5, 5.41) is 1.21. The molecule has 0 heterocycles. The third-order valence-corrected chi connectivity index (χ3v) is 2.92. The summed E-state index contributed by atoms with van der Waals surface area (Å²) in [5.41, 5.74) is 3.56. The molecule has 0 saturated heterocycles. The van der Waals surface area contributed by atoms with Crippen molar-refractivity contribution in [3.8, 4) is 23.0 Å². The van der Waals surface area contributed by atoms with Crippen LogP contribution in [0.4, 0.5) is 0 Å². The summed E-state index contributed by atoms with van der Waals surface area (Å²) in [4.78, 5) is 0. The van der Waals surface area contributed by atoms with Crippen molar-refractivity contribution in [1.82, 2.24) is 0 Å². The summed E-state index contributed by atoms with van der Waals surface area (Å²) >= 11 is 0. The van der Waals surface area contributed by atoms with E-state index in [1.165, 1.54) is 16.4 Å². The van der Waals surface area contributed by atoms with Gasteiger partial charge in [0.15, 0.2) is 0 Å². The summed E-state index contributed by atoms with van der Waals surface area (Å²) in [5.74, 6) is 6.21. The quantitative estimate of drug-likeness (QED) is 0.526. The van der Waals surface area contributed by atoms with Crippen LogP contribution in [0.1, 0.15) is 18.9 Å². The van der Waals surface area contributed by atoms with Gasteiger partial charge < -0.3 is 0 Å². The van der Waals surface area contributed by atoms with Crippen LogP contribution >= 0.6 is 9.24 Å². The van der Waals surface area contributed by atoms with E-state index >= 15 is 0 Å². The van der Waals surface area contributed by atoms with Crippen LogP contribution in [-0.4, -0.2) is 0 Å². The molecule has 0 bridgehead atoms. The van der Waals surface area contributed by atoms with Gasteiger partial charge in [0.2, 0.25) is 0 Å². The minimum absolute atomic E-state index is 0.900. The lowest BCUT2D eigenvalue weighted by atomic mass is 10.0. The highest BCUT2D eigenvalue weighted by Gasteiger charge is 1.96. The molecule has 0 aliphatic heterocycles. The first-order valence-corrected chi connectivity index (χ1v) is 6.32. The molecule has 0 fully saturated rings. The maximum Gasteiger partial charge on any atom is 0.0245 e. The van der Waals surface area contributed by atoms with E-state index in [-0.39, 0.29) is 0 Å². The summed E-state index contributed by atoms with van der Waals surface area (Å²) in [6.45, 7) is 2.06. The second-order valence-corrected chi connectivity index (χ2v) is 4.52. The molecular weight excluding hydrogens is 223 g/mol. The lowest BCUT2D eigenvalue weighted by Crippen LogP contribution is -1.87. The Bertz CT molecular complexity index is 539. The van der Waals surface area contributed by atoms with E-state index in [1.54, 1.807) is 0 Å². The van der Waals surface area contributed by atoms with Crippen LogP contribution in [0.15, 0.2) is 48.5 Å². The van der Waals surface area contributed by atoms with Gasteiger partial charge in [-0.25, -0.2) is 0 Å². The first-order chi connectivity index (χ1) is 8.29. The Labute approximate surface area is 105 Å². The molecule has 0 spiro atoms. The smallest absolute Gasteiger partial charge is 0.0245 e. The minimum atomic E-state index is 0.900. The zero-order chi connectivity index (χ0) is 12.1. The minimum Gasteiger partial charge on any atom is -0.106 e. The molecule has 17 heavy (non-hydrogen) atoms. The summed E-state index contributed by atoms with van der Waals surface area (Å²) in [6, 6.07) is 16.9. The highest BCUT2D eigenvalue weighted by Crippen LogP contribution is 2.18. The van der Waals surface area contributed by atoms with Crippen molar-refractivity contribution < 1.29 is 0 Å². The lowest BCUT2D eigenvalue weighted by molar-refractivity contribution is 1.28. The molecule has 1 heteroatoms. The van der Waals surface area contributed by atoms with Gasteiger partial charge in [-0.15, -0.1) is 9.24 Å². The van der Waals surface area contributed by atoms with E-state index in [1.807, 2.05) is 0 Å². The number of benzene rings is 2. The monoisotopic (exact) mass is 238 g/mol. The van der Waals surface area contributed by atoms with Crippen LogP contribution in [-0.2, 0) is 0 Å². The van der Waals surface area contributed by atoms with Crippen LogP contribution in [0.3, 0.4) is 0 Å². The summed E-state index contributed by atoms with van der Waals surface area (Å²) in [7, 11) is 2.70. The fourth-order valence-corrected chi connectivity index (χ4v) is 1.80. The predicted molar refractivity (Wildman–Crippen MR) is 78.4 cm³/mol. The summed E-state index contributed by atoms with van der Waals surface area (Å²) in [6.07, 6.45) is 0.900. The Hall–Kier alpha value is -1.57. The van der Waals surface area contributed by atoms with Gasteiger partial charge in [0.05, 0.1) is 0 Å². The largest absolute Gasteiger partial charge is 0.106 e. The highest BCUT2D eigenvalue weighted by atomic mass is 31.0. The molecule has 2 rings (SSSR count). The molecule has 0 nitrogen and oxygen atoms in total. The number of hydrogen-bond donors (Lipinski definition) is 0. The van der Waals surface area contributed by atoms with Crippen LogP contribution in [0.2, 0.25) is 0 Å². The molecule has 2 aromatic carbocycles. The predicted octanol–water partition coefficient (Wildman–Crippen LogP) is 3.62. The van der Waals surface area contributed by atoms with Gasteiger partial charge in [-0.3, -0.25) is 0 Å². The van der Waals surface area contributed by atoms with Crippen LogP contribution in [0.25, 0.3) is 11.1 Å². The van der Waals surface area contributed by atoms with Crippen molar-refractivity contribution in [1.29, 1.82) is 0 Å². The second kappa shape index (κ2) is 5.67. The topological polar surface area (TPSA) is 0 Å². The van der Waals surface area contributed by atoms with E-state index in [9.17, 15) is 0 Å². The van der Waals surface area contributed by atoms with Gasteiger partial charge in [0.1, 0.15) is 0 Å². The number of rotatable bonds is 1. The number of hydrogen-bond acceptors (Lipinski definition) is 0. The van der Waals surface area contributed by atoms with Crippen molar-refractivity contribution in [3.05, 3.63) is 54.1 Å². The third kappa shape index (κ3) is 3.19. The fourth-order valence-electron chi connectivity index (χ4n) is 1.61. The molecule has 0 aliphatic carbocycles. The fraction of sp³-hybridized carbons (Fsp3) is 0.125. The molecule has 0 N–H and O–H groups in total. The van der Waals surface area contributed by atoms with Crippen LogP contribution in [0, 0.1) is 11.8 Å². The molecule has 0 saturated carbocycles. The zero-order valence-corrected chi connectivity index (χ0v) is 11.1. The molecule has 2 aromatic rings. The average molecular weight is 238 g/mol. The molecular formula is C16H15P.